The molecule has 0 fully saturated rings. The van der Waals surface area contributed by atoms with Crippen molar-refractivity contribution in [3.8, 4) is 0 Å². The molecule has 0 aromatic rings. The van der Waals surface area contributed by atoms with E-state index in [2.05, 4.69) is 13.8 Å². The quantitative estimate of drug-likeness (QED) is 0.438. The van der Waals surface area contributed by atoms with Gasteiger partial charge in [0.05, 0.1) is 7.11 Å². The van der Waals surface area contributed by atoms with Crippen molar-refractivity contribution >= 4 is 17.7 Å². The van der Waals surface area contributed by atoms with Crippen LogP contribution in [0.2, 0.25) is 0 Å². The van der Waals surface area contributed by atoms with E-state index in [9.17, 15) is 13.6 Å². The van der Waals surface area contributed by atoms with Crippen LogP contribution in [0.25, 0.3) is 0 Å². The first-order chi connectivity index (χ1) is 8.82. The van der Waals surface area contributed by atoms with Crippen molar-refractivity contribution in [2.45, 2.75) is 64.0 Å². The van der Waals surface area contributed by atoms with Gasteiger partial charge in [-0.15, -0.1) is 11.8 Å². The zero-order chi connectivity index (χ0) is 14.9. The number of carbonyl (C=O) groups is 1. The second-order valence-electron chi connectivity index (χ2n) is 5.18. The Balaban J connectivity index is 3.90. The number of hydrogen-bond donors (Lipinski definition) is 0. The predicted molar refractivity (Wildman–Crippen MR) is 76.8 cm³/mol. The highest BCUT2D eigenvalue weighted by Gasteiger charge is 2.25. The molecule has 0 aromatic carbocycles. The van der Waals surface area contributed by atoms with Gasteiger partial charge < -0.3 is 4.74 Å². The molecule has 0 radical (unpaired) electrons. The van der Waals surface area contributed by atoms with Crippen LogP contribution in [0.4, 0.5) is 8.78 Å². The van der Waals surface area contributed by atoms with Crippen molar-refractivity contribution in [1.29, 1.82) is 0 Å². The third-order valence-corrected chi connectivity index (χ3v) is 4.23. The van der Waals surface area contributed by atoms with Crippen LogP contribution >= 0.6 is 11.8 Å². The van der Waals surface area contributed by atoms with E-state index in [1.165, 1.54) is 25.8 Å². The van der Waals surface area contributed by atoms with E-state index < -0.39 is 5.92 Å². The summed E-state index contributed by atoms with van der Waals surface area (Å²) in [6.45, 7) is 5.61. The van der Waals surface area contributed by atoms with Gasteiger partial charge in [0, 0.05) is 12.8 Å². The van der Waals surface area contributed by atoms with Crippen molar-refractivity contribution in [1.82, 2.24) is 0 Å². The Morgan fingerprint density at radius 1 is 1.32 bits per heavy atom. The zero-order valence-corrected chi connectivity index (χ0v) is 13.2. The first-order valence-electron chi connectivity index (χ1n) is 6.89. The summed E-state index contributed by atoms with van der Waals surface area (Å²) in [6, 6.07) is 0. The molecule has 0 rings (SSSR count). The maximum Gasteiger partial charge on any atom is 0.318 e. The molecular weight excluding hydrogens is 270 g/mol. The van der Waals surface area contributed by atoms with Gasteiger partial charge in [0.1, 0.15) is 5.25 Å². The maximum atomic E-state index is 13.0. The lowest BCUT2D eigenvalue weighted by Crippen LogP contribution is -2.21. The van der Waals surface area contributed by atoms with Gasteiger partial charge in [0.2, 0.25) is 5.92 Å². The van der Waals surface area contributed by atoms with Crippen LogP contribution in [0.5, 0.6) is 0 Å². The molecular formula is C14H26F2O2S. The number of alkyl halides is 2. The highest BCUT2D eigenvalue weighted by atomic mass is 32.2. The summed E-state index contributed by atoms with van der Waals surface area (Å²) in [5.41, 5.74) is 0. The molecule has 0 bridgehead atoms. The molecule has 1 unspecified atom stereocenters. The highest BCUT2D eigenvalue weighted by molar-refractivity contribution is 8.00. The Morgan fingerprint density at radius 2 is 1.95 bits per heavy atom. The summed E-state index contributed by atoms with van der Waals surface area (Å²) in [7, 11) is 1.39. The van der Waals surface area contributed by atoms with E-state index in [1.54, 1.807) is 0 Å². The van der Waals surface area contributed by atoms with E-state index in [1.807, 2.05) is 0 Å². The van der Waals surface area contributed by atoms with Crippen LogP contribution in [0.1, 0.15) is 52.9 Å². The number of carbonyl (C=O) groups excluding carboxylic acids is 1. The Bertz CT molecular complexity index is 258. The minimum Gasteiger partial charge on any atom is -0.468 e. The SMILES string of the molecule is CCC(F)(F)CCCCSC(CC(C)C)C(=O)OC. The third-order valence-electron chi connectivity index (χ3n) is 2.92. The standard InChI is InChI=1S/C14H26F2O2S/c1-5-14(15,16)8-6-7-9-19-12(10-11(2)3)13(17)18-4/h11-12H,5-10H2,1-4H3. The van der Waals surface area contributed by atoms with Crippen molar-refractivity contribution < 1.29 is 18.3 Å². The Hall–Kier alpha value is -0.320. The first kappa shape index (κ1) is 18.7. The molecule has 2 nitrogen and oxygen atoms in total. The van der Waals surface area contributed by atoms with Gasteiger partial charge in [0.25, 0.3) is 0 Å². The lowest BCUT2D eigenvalue weighted by molar-refractivity contribution is -0.140. The lowest BCUT2D eigenvalue weighted by Gasteiger charge is -2.17. The summed E-state index contributed by atoms with van der Waals surface area (Å²) in [5, 5.41) is -0.170. The monoisotopic (exact) mass is 296 g/mol. The second-order valence-corrected chi connectivity index (χ2v) is 6.49. The average molecular weight is 296 g/mol. The number of esters is 1. The first-order valence-corrected chi connectivity index (χ1v) is 7.94. The van der Waals surface area contributed by atoms with Gasteiger partial charge in [-0.2, -0.15) is 0 Å². The van der Waals surface area contributed by atoms with Crippen LogP contribution in [-0.4, -0.2) is 30.0 Å². The zero-order valence-electron chi connectivity index (χ0n) is 12.4. The fourth-order valence-electron chi connectivity index (χ4n) is 1.68. The molecule has 1 atom stereocenters. The number of methoxy groups -OCH3 is 1. The normalized spacial score (nSPS) is 13.6. The number of rotatable bonds is 10. The van der Waals surface area contributed by atoms with Gasteiger partial charge in [-0.1, -0.05) is 20.8 Å². The fourth-order valence-corrected chi connectivity index (χ4v) is 3.09. The molecule has 0 N–H and O–H groups in total. The second kappa shape index (κ2) is 9.56. The molecule has 0 spiro atoms. The molecule has 0 aromatic heterocycles. The van der Waals surface area contributed by atoms with Gasteiger partial charge in [-0.25, -0.2) is 8.78 Å². The van der Waals surface area contributed by atoms with Crippen LogP contribution < -0.4 is 0 Å². The lowest BCUT2D eigenvalue weighted by atomic mass is 10.1. The fraction of sp³-hybridized carbons (Fsp3) is 0.929. The highest BCUT2D eigenvalue weighted by Crippen LogP contribution is 2.26. The van der Waals surface area contributed by atoms with Crippen LogP contribution in [-0.2, 0) is 9.53 Å². The van der Waals surface area contributed by atoms with Crippen molar-refractivity contribution in [3.05, 3.63) is 0 Å². The molecule has 0 aliphatic heterocycles. The van der Waals surface area contributed by atoms with Crippen LogP contribution in [0, 0.1) is 5.92 Å². The molecule has 0 heterocycles. The Labute approximate surface area is 119 Å². The smallest absolute Gasteiger partial charge is 0.318 e. The van der Waals surface area contributed by atoms with E-state index >= 15 is 0 Å². The summed E-state index contributed by atoms with van der Waals surface area (Å²) in [5.74, 6) is -1.60. The van der Waals surface area contributed by atoms with E-state index in [0.717, 1.165) is 12.2 Å². The number of halogens is 2. The van der Waals surface area contributed by atoms with Gasteiger partial charge in [-0.3, -0.25) is 4.79 Å². The average Bonchev–Trinajstić information content (AvgIpc) is 2.35. The number of hydrogen-bond acceptors (Lipinski definition) is 3. The molecule has 0 amide bonds. The summed E-state index contributed by atoms with van der Waals surface area (Å²) < 4.78 is 30.8. The maximum absolute atomic E-state index is 13.0. The summed E-state index contributed by atoms with van der Waals surface area (Å²) >= 11 is 1.52. The largest absolute Gasteiger partial charge is 0.468 e. The topological polar surface area (TPSA) is 26.3 Å². The number of unbranched alkanes of at least 4 members (excludes halogenated alkanes) is 1. The van der Waals surface area contributed by atoms with Crippen LogP contribution in [0.15, 0.2) is 0 Å². The van der Waals surface area contributed by atoms with E-state index in [0.29, 0.717) is 18.8 Å². The van der Waals surface area contributed by atoms with Crippen molar-refractivity contribution in [3.63, 3.8) is 0 Å². The number of ether oxygens (including phenoxy) is 1. The van der Waals surface area contributed by atoms with E-state index in [-0.39, 0.29) is 24.1 Å². The Morgan fingerprint density at radius 3 is 2.42 bits per heavy atom. The predicted octanol–water partition coefficient (Wildman–Crippen LogP) is 4.52. The van der Waals surface area contributed by atoms with Crippen molar-refractivity contribution in [2.24, 2.45) is 5.92 Å². The molecule has 0 saturated carbocycles. The number of thioether (sulfide) groups is 1. The van der Waals surface area contributed by atoms with Crippen LogP contribution in [0.3, 0.4) is 0 Å². The summed E-state index contributed by atoms with van der Waals surface area (Å²) in [4.78, 5) is 11.6. The minimum atomic E-state index is -2.54. The Kier molecular flexibility index (Phi) is 9.40. The van der Waals surface area contributed by atoms with E-state index in [4.69, 9.17) is 4.74 Å². The molecule has 5 heteroatoms. The molecule has 114 valence electrons. The molecule has 0 aliphatic rings. The molecule has 0 aliphatic carbocycles. The molecule has 19 heavy (non-hydrogen) atoms. The minimum absolute atomic E-state index is 0.0584. The van der Waals surface area contributed by atoms with Gasteiger partial charge in [0.15, 0.2) is 0 Å². The van der Waals surface area contributed by atoms with Gasteiger partial charge in [-0.05, 0) is 30.9 Å². The molecule has 0 saturated heterocycles. The van der Waals surface area contributed by atoms with Crippen molar-refractivity contribution in [2.75, 3.05) is 12.9 Å². The van der Waals surface area contributed by atoms with Gasteiger partial charge >= 0.3 is 5.97 Å². The summed E-state index contributed by atoms with van der Waals surface area (Å²) in [6.07, 6.45) is 1.83. The third kappa shape index (κ3) is 9.25.